The maximum Gasteiger partial charge on any atom is 0.147 e. The largest absolute Gasteiger partial charge is 0.378 e. The summed E-state index contributed by atoms with van der Waals surface area (Å²) in [4.78, 5) is 0. The smallest absolute Gasteiger partial charge is 0.147 e. The number of nitrogens with one attached hydrogen (secondary N) is 1. The maximum absolute atomic E-state index is 13.5. The van der Waals surface area contributed by atoms with Crippen LogP contribution in [0.2, 0.25) is 5.02 Å². The predicted molar refractivity (Wildman–Crippen MR) is 72.8 cm³/mol. The maximum atomic E-state index is 13.5. The van der Waals surface area contributed by atoms with Crippen molar-refractivity contribution in [3.05, 3.63) is 63.1 Å². The Kier molecular flexibility index (Phi) is 4.19. The van der Waals surface area contributed by atoms with E-state index in [-0.39, 0.29) is 12.4 Å². The molecule has 0 fully saturated rings. The molecule has 0 heterocycles. The molecule has 0 saturated heterocycles. The van der Waals surface area contributed by atoms with Crippen LogP contribution in [0.15, 0.2) is 40.9 Å². The third-order valence-electron chi connectivity index (χ3n) is 2.42. The lowest BCUT2D eigenvalue weighted by molar-refractivity contribution is 0.609. The number of rotatable bonds is 3. The average molecular weight is 333 g/mol. The fourth-order valence-corrected chi connectivity index (χ4v) is 1.98. The number of halogens is 4. The van der Waals surface area contributed by atoms with Gasteiger partial charge in [0.05, 0.1) is 5.69 Å². The van der Waals surface area contributed by atoms with Crippen LogP contribution in [0.4, 0.5) is 14.5 Å². The van der Waals surface area contributed by atoms with Crippen molar-refractivity contribution in [3.63, 3.8) is 0 Å². The Hall–Kier alpha value is -1.13. The van der Waals surface area contributed by atoms with Gasteiger partial charge in [-0.3, -0.25) is 0 Å². The molecule has 0 atom stereocenters. The Balaban J connectivity index is 2.11. The molecule has 0 bridgehead atoms. The normalized spacial score (nSPS) is 10.4. The van der Waals surface area contributed by atoms with E-state index in [4.69, 9.17) is 11.6 Å². The molecule has 0 aliphatic rings. The lowest BCUT2D eigenvalue weighted by Gasteiger charge is -2.09. The van der Waals surface area contributed by atoms with Crippen LogP contribution >= 0.6 is 27.5 Å². The molecule has 1 nitrogen and oxygen atoms in total. The first-order chi connectivity index (χ1) is 8.56. The molecule has 0 spiro atoms. The van der Waals surface area contributed by atoms with Gasteiger partial charge in [-0.15, -0.1) is 0 Å². The van der Waals surface area contributed by atoms with E-state index in [2.05, 4.69) is 21.2 Å². The van der Waals surface area contributed by atoms with Gasteiger partial charge in [0.1, 0.15) is 11.6 Å². The molecule has 0 aliphatic carbocycles. The highest BCUT2D eigenvalue weighted by Gasteiger charge is 2.05. The Morgan fingerprint density at radius 3 is 2.50 bits per heavy atom. The molecular formula is C13H9BrClF2N. The van der Waals surface area contributed by atoms with Crippen LogP contribution in [0, 0.1) is 11.6 Å². The SMILES string of the molecule is Fc1cc(Br)ccc1CNc1ccc(Cl)cc1F. The summed E-state index contributed by atoms with van der Waals surface area (Å²) < 4.78 is 27.7. The Labute approximate surface area is 117 Å². The van der Waals surface area contributed by atoms with Gasteiger partial charge in [-0.05, 0) is 30.3 Å². The van der Waals surface area contributed by atoms with Crippen LogP contribution in [0.25, 0.3) is 0 Å². The molecule has 18 heavy (non-hydrogen) atoms. The highest BCUT2D eigenvalue weighted by atomic mass is 79.9. The molecule has 0 radical (unpaired) electrons. The Morgan fingerprint density at radius 1 is 1.06 bits per heavy atom. The third kappa shape index (κ3) is 3.21. The topological polar surface area (TPSA) is 12.0 Å². The van der Waals surface area contributed by atoms with Crippen LogP contribution < -0.4 is 5.32 Å². The summed E-state index contributed by atoms with van der Waals surface area (Å²) >= 11 is 8.82. The summed E-state index contributed by atoms with van der Waals surface area (Å²) in [5.41, 5.74) is 0.759. The zero-order chi connectivity index (χ0) is 13.1. The summed E-state index contributed by atoms with van der Waals surface area (Å²) in [5, 5.41) is 3.15. The van der Waals surface area contributed by atoms with Gasteiger partial charge in [-0.2, -0.15) is 0 Å². The molecular weight excluding hydrogens is 324 g/mol. The second kappa shape index (κ2) is 5.67. The van der Waals surface area contributed by atoms with Gasteiger partial charge in [0.15, 0.2) is 0 Å². The fraction of sp³-hybridized carbons (Fsp3) is 0.0769. The molecule has 5 heteroatoms. The predicted octanol–water partition coefficient (Wildman–Crippen LogP) is 4.99. The summed E-state index contributed by atoms with van der Waals surface area (Å²) in [5.74, 6) is -0.800. The van der Waals surface area contributed by atoms with Crippen LogP contribution in [0.3, 0.4) is 0 Å². The van der Waals surface area contributed by atoms with E-state index in [1.807, 2.05) is 0 Å². The summed E-state index contributed by atoms with van der Waals surface area (Å²) in [6.45, 7) is 0.206. The van der Waals surface area contributed by atoms with Gasteiger partial charge in [-0.25, -0.2) is 8.78 Å². The molecule has 0 unspecified atom stereocenters. The first-order valence-corrected chi connectivity index (χ1v) is 6.36. The van der Waals surface area contributed by atoms with E-state index in [9.17, 15) is 8.78 Å². The van der Waals surface area contributed by atoms with Crippen molar-refractivity contribution in [2.24, 2.45) is 0 Å². The zero-order valence-corrected chi connectivity index (χ0v) is 11.5. The molecule has 0 aliphatic heterocycles. The van der Waals surface area contributed by atoms with Gasteiger partial charge < -0.3 is 5.32 Å². The molecule has 2 rings (SSSR count). The van der Waals surface area contributed by atoms with E-state index in [0.29, 0.717) is 20.7 Å². The molecule has 0 amide bonds. The first kappa shape index (κ1) is 13.3. The lowest BCUT2D eigenvalue weighted by atomic mass is 10.2. The van der Waals surface area contributed by atoms with Crippen molar-refractivity contribution < 1.29 is 8.78 Å². The number of anilines is 1. The van der Waals surface area contributed by atoms with E-state index in [1.54, 1.807) is 18.2 Å². The van der Waals surface area contributed by atoms with Gasteiger partial charge in [0.25, 0.3) is 0 Å². The van der Waals surface area contributed by atoms with E-state index in [0.717, 1.165) is 0 Å². The summed E-state index contributed by atoms with van der Waals surface area (Å²) in [6.07, 6.45) is 0. The second-order valence-electron chi connectivity index (χ2n) is 3.71. The number of hydrogen-bond donors (Lipinski definition) is 1. The van der Waals surface area contributed by atoms with Gasteiger partial charge in [-0.1, -0.05) is 33.6 Å². The summed E-state index contributed by atoms with van der Waals surface area (Å²) in [6, 6.07) is 9.05. The minimum absolute atomic E-state index is 0.206. The Morgan fingerprint density at radius 2 is 1.83 bits per heavy atom. The molecule has 2 aromatic rings. The van der Waals surface area contributed by atoms with Gasteiger partial charge in [0, 0.05) is 21.6 Å². The highest BCUT2D eigenvalue weighted by molar-refractivity contribution is 9.10. The van der Waals surface area contributed by atoms with Crippen LogP contribution in [0.5, 0.6) is 0 Å². The fourth-order valence-electron chi connectivity index (χ4n) is 1.49. The standard InChI is InChI=1S/C13H9BrClF2N/c14-9-2-1-8(11(16)5-9)7-18-13-4-3-10(15)6-12(13)17/h1-6,18H,7H2. The van der Waals surface area contributed by atoms with Crippen molar-refractivity contribution in [2.45, 2.75) is 6.54 Å². The van der Waals surface area contributed by atoms with Crippen molar-refractivity contribution in [3.8, 4) is 0 Å². The van der Waals surface area contributed by atoms with Crippen LogP contribution in [-0.4, -0.2) is 0 Å². The van der Waals surface area contributed by atoms with Crippen molar-refractivity contribution in [1.82, 2.24) is 0 Å². The molecule has 0 aromatic heterocycles. The molecule has 0 saturated carbocycles. The van der Waals surface area contributed by atoms with Crippen molar-refractivity contribution >= 4 is 33.2 Å². The van der Waals surface area contributed by atoms with Crippen LogP contribution in [0.1, 0.15) is 5.56 Å². The number of benzene rings is 2. The molecule has 1 N–H and O–H groups in total. The highest BCUT2D eigenvalue weighted by Crippen LogP contribution is 2.21. The third-order valence-corrected chi connectivity index (χ3v) is 3.14. The van der Waals surface area contributed by atoms with E-state index >= 15 is 0 Å². The average Bonchev–Trinajstić information content (AvgIpc) is 2.30. The quantitative estimate of drug-likeness (QED) is 0.834. The van der Waals surface area contributed by atoms with Gasteiger partial charge >= 0.3 is 0 Å². The van der Waals surface area contributed by atoms with E-state index in [1.165, 1.54) is 18.2 Å². The minimum Gasteiger partial charge on any atom is -0.378 e. The van der Waals surface area contributed by atoms with Crippen molar-refractivity contribution in [2.75, 3.05) is 5.32 Å². The minimum atomic E-state index is -0.458. The zero-order valence-electron chi connectivity index (χ0n) is 9.18. The van der Waals surface area contributed by atoms with Crippen molar-refractivity contribution in [1.29, 1.82) is 0 Å². The van der Waals surface area contributed by atoms with Crippen LogP contribution in [-0.2, 0) is 6.54 Å². The lowest BCUT2D eigenvalue weighted by Crippen LogP contribution is -2.03. The Bertz CT molecular complexity index is 523. The summed E-state index contributed by atoms with van der Waals surface area (Å²) in [7, 11) is 0. The van der Waals surface area contributed by atoms with Gasteiger partial charge in [0.2, 0.25) is 0 Å². The monoisotopic (exact) mass is 331 g/mol. The molecule has 2 aromatic carbocycles. The number of hydrogen-bond acceptors (Lipinski definition) is 1. The first-order valence-electron chi connectivity index (χ1n) is 5.19. The molecule has 94 valence electrons. The second-order valence-corrected chi connectivity index (χ2v) is 5.07. The van der Waals surface area contributed by atoms with E-state index < -0.39 is 5.82 Å².